The van der Waals surface area contributed by atoms with Crippen LogP contribution in [0.3, 0.4) is 0 Å². The summed E-state index contributed by atoms with van der Waals surface area (Å²) in [4.78, 5) is 51.3. The highest BCUT2D eigenvalue weighted by molar-refractivity contribution is 6.08. The van der Waals surface area contributed by atoms with Gasteiger partial charge in [-0.2, -0.15) is 0 Å². The molecule has 1 aliphatic carbocycles. The molecule has 0 spiro atoms. The molecule has 1 aromatic carbocycles. The Morgan fingerprint density at radius 2 is 1.65 bits per heavy atom. The van der Waals surface area contributed by atoms with Gasteiger partial charge in [-0.25, -0.2) is 4.79 Å². The summed E-state index contributed by atoms with van der Waals surface area (Å²) in [5, 5.41) is 2.66. The average molecular weight is 428 g/mol. The highest BCUT2D eigenvalue weighted by Crippen LogP contribution is 2.36. The number of anilines is 1. The van der Waals surface area contributed by atoms with E-state index >= 15 is 0 Å². The molecule has 3 aliphatic rings. The topological polar surface area (TPSA) is 111 Å². The third kappa shape index (κ3) is 3.99. The second-order valence-corrected chi connectivity index (χ2v) is 7.81. The zero-order valence-corrected chi connectivity index (χ0v) is 17.3. The number of carbonyl (C=O) groups is 4. The molecule has 0 saturated carbocycles. The fourth-order valence-electron chi connectivity index (χ4n) is 4.00. The summed E-state index contributed by atoms with van der Waals surface area (Å²) in [7, 11) is 0. The highest BCUT2D eigenvalue weighted by atomic mass is 16.6. The van der Waals surface area contributed by atoms with E-state index < -0.39 is 35.9 Å². The van der Waals surface area contributed by atoms with Crippen LogP contribution in [0.2, 0.25) is 0 Å². The first kappa shape index (κ1) is 20.9. The van der Waals surface area contributed by atoms with E-state index in [9.17, 15) is 19.2 Å². The number of hydrogen-bond donors (Lipinski definition) is 1. The lowest BCUT2D eigenvalue weighted by molar-refractivity contribution is -0.163. The van der Waals surface area contributed by atoms with Gasteiger partial charge in [-0.1, -0.05) is 12.2 Å². The molecule has 1 fully saturated rings. The molecule has 3 amide bonds. The molecule has 1 saturated heterocycles. The fraction of sp³-hybridized carbons (Fsp3) is 0.455. The van der Waals surface area contributed by atoms with E-state index in [0.29, 0.717) is 43.2 Å². The maximum Gasteiger partial charge on any atom is 0.329 e. The number of carbonyl (C=O) groups excluding carboxylic acids is 4. The van der Waals surface area contributed by atoms with Crippen molar-refractivity contribution in [2.75, 3.05) is 18.5 Å². The Morgan fingerprint density at radius 1 is 1.03 bits per heavy atom. The van der Waals surface area contributed by atoms with Crippen LogP contribution in [-0.4, -0.2) is 54.0 Å². The summed E-state index contributed by atoms with van der Waals surface area (Å²) >= 11 is 0. The van der Waals surface area contributed by atoms with Gasteiger partial charge in [-0.15, -0.1) is 0 Å². The number of likely N-dealkylation sites (tertiary alicyclic amines) is 1. The van der Waals surface area contributed by atoms with E-state index in [1.54, 1.807) is 18.2 Å². The molecule has 1 aromatic rings. The van der Waals surface area contributed by atoms with Crippen LogP contribution < -0.4 is 14.8 Å². The summed E-state index contributed by atoms with van der Waals surface area (Å²) < 4.78 is 16.2. The second kappa shape index (κ2) is 8.41. The Hall–Kier alpha value is -3.36. The zero-order chi connectivity index (χ0) is 22.1. The average Bonchev–Trinajstić information content (AvgIpc) is 3.03. The number of esters is 1. The third-order valence-corrected chi connectivity index (χ3v) is 5.74. The molecule has 0 unspecified atom stereocenters. The van der Waals surface area contributed by atoms with E-state index in [1.165, 1.54) is 13.8 Å². The van der Waals surface area contributed by atoms with Crippen molar-refractivity contribution in [3.8, 4) is 11.5 Å². The van der Waals surface area contributed by atoms with Crippen LogP contribution >= 0.6 is 0 Å². The third-order valence-electron chi connectivity index (χ3n) is 5.74. The predicted octanol–water partition coefficient (Wildman–Crippen LogP) is 1.67. The van der Waals surface area contributed by atoms with Crippen LogP contribution in [0.4, 0.5) is 5.69 Å². The smallest absolute Gasteiger partial charge is 0.329 e. The van der Waals surface area contributed by atoms with E-state index in [2.05, 4.69) is 5.32 Å². The lowest BCUT2D eigenvalue weighted by Crippen LogP contribution is -2.46. The molecule has 2 aliphatic heterocycles. The number of nitrogens with one attached hydrogen (secondary N) is 1. The van der Waals surface area contributed by atoms with Gasteiger partial charge in [0.25, 0.3) is 5.91 Å². The molecule has 31 heavy (non-hydrogen) atoms. The van der Waals surface area contributed by atoms with Crippen molar-refractivity contribution in [1.82, 2.24) is 4.90 Å². The molecule has 9 nitrogen and oxygen atoms in total. The van der Waals surface area contributed by atoms with Crippen LogP contribution in [0.15, 0.2) is 30.4 Å². The monoisotopic (exact) mass is 428 g/mol. The van der Waals surface area contributed by atoms with Crippen LogP contribution in [0.5, 0.6) is 11.5 Å². The number of hydrogen-bond acceptors (Lipinski definition) is 7. The molecule has 0 bridgehead atoms. The van der Waals surface area contributed by atoms with Crippen molar-refractivity contribution in [3.05, 3.63) is 30.4 Å². The largest absolute Gasteiger partial charge is 0.486 e. The SMILES string of the molecule is C[C@H](OC(=O)[C@@H](C)N1C(=O)[C@H]2CC=CC[C@H]2C1=O)C(=O)Nc1ccc2c(c1)OCCO2. The number of ether oxygens (including phenoxy) is 3. The molecule has 0 aromatic heterocycles. The van der Waals surface area contributed by atoms with Crippen LogP contribution in [-0.2, 0) is 23.9 Å². The summed E-state index contributed by atoms with van der Waals surface area (Å²) in [5.74, 6) is -1.83. The van der Waals surface area contributed by atoms with Crippen molar-refractivity contribution in [2.24, 2.45) is 11.8 Å². The minimum atomic E-state index is -1.13. The first-order valence-corrected chi connectivity index (χ1v) is 10.3. The summed E-state index contributed by atoms with van der Waals surface area (Å²) in [6, 6.07) is 3.86. The van der Waals surface area contributed by atoms with E-state index in [1.807, 2.05) is 12.2 Å². The van der Waals surface area contributed by atoms with Crippen molar-refractivity contribution < 1.29 is 33.4 Å². The number of amides is 3. The molecule has 9 heteroatoms. The first-order chi connectivity index (χ1) is 14.9. The quantitative estimate of drug-likeness (QED) is 0.431. The molecule has 4 atom stereocenters. The van der Waals surface area contributed by atoms with Crippen molar-refractivity contribution in [2.45, 2.75) is 38.8 Å². The standard InChI is InChI=1S/C22H24N2O7/c1-12(24-20(26)15-5-3-4-6-16(15)21(24)27)22(28)31-13(2)19(25)23-14-7-8-17-18(11-14)30-10-9-29-17/h3-4,7-8,11-13,15-16H,5-6,9-10H2,1-2H3,(H,23,25)/t12-,13+,15-,16+/m1/s1. The molecule has 2 heterocycles. The van der Waals surface area contributed by atoms with E-state index in [-0.39, 0.29) is 11.8 Å². The van der Waals surface area contributed by atoms with Gasteiger partial charge in [-0.3, -0.25) is 19.3 Å². The summed E-state index contributed by atoms with van der Waals surface area (Å²) in [6.45, 7) is 3.75. The van der Waals surface area contributed by atoms with Gasteiger partial charge in [0.1, 0.15) is 19.3 Å². The second-order valence-electron chi connectivity index (χ2n) is 7.81. The minimum Gasteiger partial charge on any atom is -0.486 e. The number of fused-ring (bicyclic) bond motifs is 2. The van der Waals surface area contributed by atoms with Crippen molar-refractivity contribution >= 4 is 29.4 Å². The van der Waals surface area contributed by atoms with Gasteiger partial charge in [-0.05, 0) is 38.8 Å². The molecule has 1 N–H and O–H groups in total. The molecule has 164 valence electrons. The predicted molar refractivity (Wildman–Crippen MR) is 108 cm³/mol. The molecular weight excluding hydrogens is 404 g/mol. The van der Waals surface area contributed by atoms with Gasteiger partial charge in [0.05, 0.1) is 11.8 Å². The van der Waals surface area contributed by atoms with Crippen LogP contribution in [0.25, 0.3) is 0 Å². The normalized spacial score (nSPS) is 23.7. The summed E-state index contributed by atoms with van der Waals surface area (Å²) in [6.07, 6.45) is 3.61. The van der Waals surface area contributed by atoms with E-state index in [0.717, 1.165) is 4.90 Å². The fourth-order valence-corrected chi connectivity index (χ4v) is 4.00. The number of nitrogens with zero attached hydrogens (tertiary/aromatic N) is 1. The van der Waals surface area contributed by atoms with Gasteiger partial charge in [0.2, 0.25) is 11.8 Å². The number of imide groups is 1. The lowest BCUT2D eigenvalue weighted by Gasteiger charge is -2.23. The Kier molecular flexibility index (Phi) is 5.67. The summed E-state index contributed by atoms with van der Waals surface area (Å²) in [5.41, 5.74) is 0.465. The Morgan fingerprint density at radius 3 is 2.29 bits per heavy atom. The van der Waals surface area contributed by atoms with Gasteiger partial charge in [0.15, 0.2) is 17.6 Å². The van der Waals surface area contributed by atoms with Crippen molar-refractivity contribution in [1.29, 1.82) is 0 Å². The maximum atomic E-state index is 12.6. The van der Waals surface area contributed by atoms with Gasteiger partial charge >= 0.3 is 5.97 Å². The number of benzene rings is 1. The zero-order valence-electron chi connectivity index (χ0n) is 17.3. The first-order valence-electron chi connectivity index (χ1n) is 10.3. The Labute approximate surface area is 179 Å². The minimum absolute atomic E-state index is 0.364. The Balaban J connectivity index is 1.36. The van der Waals surface area contributed by atoms with Crippen LogP contribution in [0.1, 0.15) is 26.7 Å². The van der Waals surface area contributed by atoms with Gasteiger partial charge in [0, 0.05) is 11.8 Å². The molecular formula is C22H24N2O7. The maximum absolute atomic E-state index is 12.6. The van der Waals surface area contributed by atoms with E-state index in [4.69, 9.17) is 14.2 Å². The van der Waals surface area contributed by atoms with Crippen LogP contribution in [0, 0.1) is 11.8 Å². The lowest BCUT2D eigenvalue weighted by atomic mass is 9.85. The number of allylic oxidation sites excluding steroid dienone is 2. The van der Waals surface area contributed by atoms with Gasteiger partial charge < -0.3 is 19.5 Å². The Bertz CT molecular complexity index is 931. The van der Waals surface area contributed by atoms with Crippen molar-refractivity contribution in [3.63, 3.8) is 0 Å². The molecule has 4 rings (SSSR count). The molecule has 0 radical (unpaired) electrons. The number of rotatable bonds is 5. The highest BCUT2D eigenvalue weighted by Gasteiger charge is 2.50.